The fourth-order valence-corrected chi connectivity index (χ4v) is 2.33. The third kappa shape index (κ3) is 2.70. The maximum atomic E-state index is 4.30. The van der Waals surface area contributed by atoms with E-state index < -0.39 is 0 Å². The number of aryl methyl sites for hydroxylation is 2. The standard InChI is InChI=1S/C11H17N5S/c1-4-16-11(9(3)14-15-16)5-12-8(2)10-6-17-7-13-10/h6-8,12H,4-5H2,1-3H3. The van der Waals surface area contributed by atoms with Crippen LogP contribution in [0.15, 0.2) is 10.9 Å². The molecular formula is C11H17N5S. The van der Waals surface area contributed by atoms with Crippen molar-refractivity contribution >= 4 is 11.3 Å². The van der Waals surface area contributed by atoms with Crippen LogP contribution in [0, 0.1) is 6.92 Å². The van der Waals surface area contributed by atoms with Gasteiger partial charge in [0.15, 0.2) is 0 Å². The highest BCUT2D eigenvalue weighted by atomic mass is 32.1. The minimum absolute atomic E-state index is 0.251. The first kappa shape index (κ1) is 12.2. The molecular weight excluding hydrogens is 234 g/mol. The van der Waals surface area contributed by atoms with E-state index in [4.69, 9.17) is 0 Å². The number of nitrogens with one attached hydrogen (secondary N) is 1. The molecule has 17 heavy (non-hydrogen) atoms. The Kier molecular flexibility index (Phi) is 3.86. The molecule has 0 saturated carbocycles. The van der Waals surface area contributed by atoms with Gasteiger partial charge >= 0.3 is 0 Å². The average Bonchev–Trinajstić information content (AvgIpc) is 2.95. The van der Waals surface area contributed by atoms with Crippen molar-refractivity contribution in [2.45, 2.75) is 39.9 Å². The predicted octanol–water partition coefficient (Wildman–Crippen LogP) is 1.91. The zero-order valence-corrected chi connectivity index (χ0v) is 11.2. The summed E-state index contributed by atoms with van der Waals surface area (Å²) in [7, 11) is 0. The Balaban J connectivity index is 2.00. The second-order valence-electron chi connectivity index (χ2n) is 3.95. The van der Waals surface area contributed by atoms with Crippen molar-refractivity contribution in [3.63, 3.8) is 0 Å². The van der Waals surface area contributed by atoms with Crippen LogP contribution in [0.25, 0.3) is 0 Å². The van der Waals surface area contributed by atoms with Gasteiger partial charge in [0.2, 0.25) is 0 Å². The summed E-state index contributed by atoms with van der Waals surface area (Å²) in [4.78, 5) is 4.30. The van der Waals surface area contributed by atoms with Gasteiger partial charge in [-0.1, -0.05) is 5.21 Å². The molecule has 1 N–H and O–H groups in total. The highest BCUT2D eigenvalue weighted by Crippen LogP contribution is 2.13. The van der Waals surface area contributed by atoms with Crippen LogP contribution in [0.5, 0.6) is 0 Å². The molecule has 0 fully saturated rings. The van der Waals surface area contributed by atoms with Crippen LogP contribution in [0.1, 0.15) is 37.0 Å². The lowest BCUT2D eigenvalue weighted by Gasteiger charge is -2.12. The first-order valence-electron chi connectivity index (χ1n) is 5.72. The molecule has 2 rings (SSSR count). The number of thiazole rings is 1. The van der Waals surface area contributed by atoms with Gasteiger partial charge in [0.1, 0.15) is 0 Å². The summed E-state index contributed by atoms with van der Waals surface area (Å²) in [6.07, 6.45) is 0. The lowest BCUT2D eigenvalue weighted by molar-refractivity contribution is 0.520. The summed E-state index contributed by atoms with van der Waals surface area (Å²) in [6.45, 7) is 7.80. The third-order valence-corrected chi connectivity index (χ3v) is 3.41. The van der Waals surface area contributed by atoms with Crippen LogP contribution in [0.2, 0.25) is 0 Å². The van der Waals surface area contributed by atoms with Gasteiger partial charge in [0, 0.05) is 24.5 Å². The Morgan fingerprint density at radius 3 is 3.00 bits per heavy atom. The summed E-state index contributed by atoms with van der Waals surface area (Å²) >= 11 is 1.62. The lowest BCUT2D eigenvalue weighted by atomic mass is 10.2. The molecule has 6 heteroatoms. The molecule has 2 aromatic heterocycles. The summed E-state index contributed by atoms with van der Waals surface area (Å²) in [5.41, 5.74) is 5.08. The van der Waals surface area contributed by atoms with Gasteiger partial charge < -0.3 is 5.32 Å². The van der Waals surface area contributed by atoms with Crippen molar-refractivity contribution < 1.29 is 0 Å². The molecule has 0 radical (unpaired) electrons. The Hall–Kier alpha value is -1.27. The SMILES string of the molecule is CCn1nnc(C)c1CNC(C)c1cscn1. The van der Waals surface area contributed by atoms with Crippen LogP contribution < -0.4 is 5.32 Å². The number of aromatic nitrogens is 4. The summed E-state index contributed by atoms with van der Waals surface area (Å²) in [5, 5.41) is 13.7. The van der Waals surface area contributed by atoms with Gasteiger partial charge in [-0.15, -0.1) is 16.4 Å². The Bertz CT molecular complexity index is 462. The summed E-state index contributed by atoms with van der Waals surface area (Å²) in [5.74, 6) is 0. The third-order valence-electron chi connectivity index (χ3n) is 2.80. The minimum atomic E-state index is 0.251. The normalized spacial score (nSPS) is 12.9. The van der Waals surface area contributed by atoms with Crippen molar-refractivity contribution in [3.05, 3.63) is 28.0 Å². The minimum Gasteiger partial charge on any atom is -0.303 e. The van der Waals surface area contributed by atoms with E-state index in [-0.39, 0.29) is 6.04 Å². The van der Waals surface area contributed by atoms with E-state index in [0.29, 0.717) is 0 Å². The van der Waals surface area contributed by atoms with Gasteiger partial charge in [-0.05, 0) is 20.8 Å². The summed E-state index contributed by atoms with van der Waals surface area (Å²) in [6, 6.07) is 0.251. The molecule has 0 saturated heterocycles. The van der Waals surface area contributed by atoms with Gasteiger partial charge in [-0.25, -0.2) is 9.67 Å². The van der Waals surface area contributed by atoms with Crippen LogP contribution in [0.4, 0.5) is 0 Å². The number of hydrogen-bond donors (Lipinski definition) is 1. The smallest absolute Gasteiger partial charge is 0.0841 e. The molecule has 0 spiro atoms. The van der Waals surface area contributed by atoms with E-state index in [2.05, 4.69) is 39.8 Å². The van der Waals surface area contributed by atoms with E-state index in [1.165, 1.54) is 0 Å². The zero-order chi connectivity index (χ0) is 12.3. The van der Waals surface area contributed by atoms with Gasteiger partial charge in [0.25, 0.3) is 0 Å². The maximum absolute atomic E-state index is 4.30. The van der Waals surface area contributed by atoms with Crippen molar-refractivity contribution in [3.8, 4) is 0 Å². The monoisotopic (exact) mass is 251 g/mol. The number of hydrogen-bond acceptors (Lipinski definition) is 5. The quantitative estimate of drug-likeness (QED) is 0.882. The van der Waals surface area contributed by atoms with E-state index in [0.717, 1.165) is 30.2 Å². The van der Waals surface area contributed by atoms with E-state index in [1.54, 1.807) is 11.3 Å². The molecule has 0 amide bonds. The van der Waals surface area contributed by atoms with Crippen LogP contribution >= 0.6 is 11.3 Å². The summed E-state index contributed by atoms with van der Waals surface area (Å²) < 4.78 is 1.93. The molecule has 0 aliphatic carbocycles. The zero-order valence-electron chi connectivity index (χ0n) is 10.3. The highest BCUT2D eigenvalue weighted by Gasteiger charge is 2.11. The molecule has 0 aliphatic rings. The largest absolute Gasteiger partial charge is 0.303 e. The molecule has 2 heterocycles. The van der Waals surface area contributed by atoms with Crippen molar-refractivity contribution in [2.75, 3.05) is 0 Å². The average molecular weight is 251 g/mol. The fourth-order valence-electron chi connectivity index (χ4n) is 1.68. The molecule has 0 aliphatic heterocycles. The van der Waals surface area contributed by atoms with Crippen molar-refractivity contribution in [1.29, 1.82) is 0 Å². The molecule has 0 bridgehead atoms. The number of rotatable bonds is 5. The van der Waals surface area contributed by atoms with Crippen molar-refractivity contribution in [1.82, 2.24) is 25.3 Å². The highest BCUT2D eigenvalue weighted by molar-refractivity contribution is 7.07. The fraction of sp³-hybridized carbons (Fsp3) is 0.545. The molecule has 2 aromatic rings. The molecule has 5 nitrogen and oxygen atoms in total. The second-order valence-corrected chi connectivity index (χ2v) is 4.67. The Morgan fingerprint density at radius 2 is 2.35 bits per heavy atom. The first-order valence-corrected chi connectivity index (χ1v) is 6.67. The maximum Gasteiger partial charge on any atom is 0.0841 e. The Morgan fingerprint density at radius 1 is 1.53 bits per heavy atom. The lowest BCUT2D eigenvalue weighted by Crippen LogP contribution is -2.21. The van der Waals surface area contributed by atoms with E-state index in [9.17, 15) is 0 Å². The number of nitrogens with zero attached hydrogens (tertiary/aromatic N) is 4. The molecule has 1 unspecified atom stereocenters. The topological polar surface area (TPSA) is 55.6 Å². The molecule has 92 valence electrons. The van der Waals surface area contributed by atoms with E-state index in [1.807, 2.05) is 17.1 Å². The van der Waals surface area contributed by atoms with Gasteiger partial charge in [0.05, 0.1) is 22.6 Å². The van der Waals surface area contributed by atoms with Crippen molar-refractivity contribution in [2.24, 2.45) is 0 Å². The van der Waals surface area contributed by atoms with Gasteiger partial charge in [-0.2, -0.15) is 0 Å². The Labute approximate surface area is 105 Å². The molecule has 1 atom stereocenters. The van der Waals surface area contributed by atoms with Gasteiger partial charge in [-0.3, -0.25) is 0 Å². The van der Waals surface area contributed by atoms with Crippen LogP contribution in [0.3, 0.4) is 0 Å². The predicted molar refractivity (Wildman–Crippen MR) is 67.8 cm³/mol. The second kappa shape index (κ2) is 5.37. The molecule has 0 aromatic carbocycles. The van der Waals surface area contributed by atoms with Crippen LogP contribution in [-0.2, 0) is 13.1 Å². The van der Waals surface area contributed by atoms with E-state index >= 15 is 0 Å². The first-order chi connectivity index (χ1) is 8.22. The van der Waals surface area contributed by atoms with Crippen LogP contribution in [-0.4, -0.2) is 20.0 Å².